The van der Waals surface area contributed by atoms with E-state index >= 15 is 0 Å². The standard InChI is InChI=1S/C21H23N7O/c1-13-11-16(18-14(2)25-26(3)20(18)22-13)21(29)27-9-6-7-15(12-27)19-24-23-17-8-4-5-10-28(17)19/h4-5,8,10-11,15H,6-7,9,12H2,1-3H3. The Kier molecular flexibility index (Phi) is 4.08. The van der Waals surface area contributed by atoms with Crippen molar-refractivity contribution in [1.82, 2.24) is 34.3 Å². The van der Waals surface area contributed by atoms with E-state index in [1.54, 1.807) is 4.68 Å². The predicted octanol–water partition coefficient (Wildman–Crippen LogP) is 2.65. The third-order valence-electron chi connectivity index (χ3n) is 5.74. The number of aryl methyl sites for hydroxylation is 3. The number of aromatic nitrogens is 6. The van der Waals surface area contributed by atoms with Gasteiger partial charge in [0.15, 0.2) is 11.3 Å². The molecule has 5 rings (SSSR count). The molecule has 1 unspecified atom stereocenters. The topological polar surface area (TPSA) is 81.2 Å². The molecule has 4 aromatic heterocycles. The van der Waals surface area contributed by atoms with E-state index in [0.717, 1.165) is 53.3 Å². The van der Waals surface area contributed by atoms with Crippen molar-refractivity contribution in [3.63, 3.8) is 0 Å². The van der Waals surface area contributed by atoms with Gasteiger partial charge in [0.2, 0.25) is 0 Å². The number of carbonyl (C=O) groups is 1. The average molecular weight is 389 g/mol. The summed E-state index contributed by atoms with van der Waals surface area (Å²) in [6.07, 6.45) is 3.92. The molecule has 1 aliphatic heterocycles. The molecular weight excluding hydrogens is 366 g/mol. The first-order valence-corrected chi connectivity index (χ1v) is 9.93. The Labute approximate surface area is 168 Å². The predicted molar refractivity (Wildman–Crippen MR) is 109 cm³/mol. The molecule has 5 heterocycles. The third-order valence-corrected chi connectivity index (χ3v) is 5.74. The molecule has 4 aromatic rings. The van der Waals surface area contributed by atoms with E-state index in [-0.39, 0.29) is 11.8 Å². The van der Waals surface area contributed by atoms with Crippen LogP contribution >= 0.6 is 0 Å². The maximum absolute atomic E-state index is 13.5. The first-order chi connectivity index (χ1) is 14.0. The zero-order chi connectivity index (χ0) is 20.1. The van der Waals surface area contributed by atoms with Crippen molar-refractivity contribution in [2.75, 3.05) is 13.1 Å². The molecule has 148 valence electrons. The number of hydrogen-bond acceptors (Lipinski definition) is 5. The van der Waals surface area contributed by atoms with Crippen molar-refractivity contribution in [3.05, 3.63) is 53.2 Å². The van der Waals surface area contributed by atoms with Crippen LogP contribution in [0.3, 0.4) is 0 Å². The Morgan fingerprint density at radius 2 is 2.07 bits per heavy atom. The fraction of sp³-hybridized carbons (Fsp3) is 0.381. The Bertz CT molecular complexity index is 1240. The van der Waals surface area contributed by atoms with Gasteiger partial charge in [-0.1, -0.05) is 6.07 Å². The minimum atomic E-state index is 0.0371. The quantitative estimate of drug-likeness (QED) is 0.526. The molecule has 8 heteroatoms. The number of likely N-dealkylation sites (tertiary alicyclic amines) is 1. The van der Waals surface area contributed by atoms with E-state index in [2.05, 4.69) is 20.3 Å². The van der Waals surface area contributed by atoms with Gasteiger partial charge in [-0.3, -0.25) is 13.9 Å². The van der Waals surface area contributed by atoms with Gasteiger partial charge in [0, 0.05) is 37.9 Å². The second-order valence-corrected chi connectivity index (χ2v) is 7.80. The normalized spacial score (nSPS) is 17.3. The van der Waals surface area contributed by atoms with Crippen LogP contribution in [0.15, 0.2) is 30.5 Å². The molecule has 1 amide bonds. The highest BCUT2D eigenvalue weighted by molar-refractivity contribution is 6.06. The lowest BCUT2D eigenvalue weighted by Crippen LogP contribution is -2.39. The molecule has 1 fully saturated rings. The van der Waals surface area contributed by atoms with Crippen molar-refractivity contribution in [2.45, 2.75) is 32.6 Å². The van der Waals surface area contributed by atoms with Crippen molar-refractivity contribution >= 4 is 22.6 Å². The summed E-state index contributed by atoms with van der Waals surface area (Å²) in [4.78, 5) is 20.0. The van der Waals surface area contributed by atoms with Gasteiger partial charge < -0.3 is 4.90 Å². The largest absolute Gasteiger partial charge is 0.338 e. The maximum Gasteiger partial charge on any atom is 0.254 e. The molecule has 0 bridgehead atoms. The Morgan fingerprint density at radius 1 is 1.21 bits per heavy atom. The molecule has 0 spiro atoms. The van der Waals surface area contributed by atoms with Crippen LogP contribution in [-0.4, -0.2) is 53.3 Å². The second-order valence-electron chi connectivity index (χ2n) is 7.80. The Hall–Kier alpha value is -3.29. The number of carbonyl (C=O) groups excluding carboxylic acids is 1. The summed E-state index contributed by atoms with van der Waals surface area (Å²) >= 11 is 0. The summed E-state index contributed by atoms with van der Waals surface area (Å²) in [5.41, 5.74) is 3.92. The second kappa shape index (κ2) is 6.65. The Morgan fingerprint density at radius 3 is 2.93 bits per heavy atom. The van der Waals surface area contributed by atoms with Gasteiger partial charge in [0.25, 0.3) is 5.91 Å². The maximum atomic E-state index is 13.5. The molecule has 0 radical (unpaired) electrons. The summed E-state index contributed by atoms with van der Waals surface area (Å²) in [5, 5.41) is 14.0. The van der Waals surface area contributed by atoms with Gasteiger partial charge in [0.05, 0.1) is 16.6 Å². The van der Waals surface area contributed by atoms with Crippen molar-refractivity contribution in [1.29, 1.82) is 0 Å². The molecule has 29 heavy (non-hydrogen) atoms. The summed E-state index contributed by atoms with van der Waals surface area (Å²) in [5.74, 6) is 1.13. The van der Waals surface area contributed by atoms with Crippen molar-refractivity contribution in [3.8, 4) is 0 Å². The zero-order valence-corrected chi connectivity index (χ0v) is 16.8. The molecule has 0 N–H and O–H groups in total. The number of pyridine rings is 2. The van der Waals surface area contributed by atoms with Crippen LogP contribution in [0.25, 0.3) is 16.7 Å². The molecule has 1 atom stereocenters. The average Bonchev–Trinajstić information content (AvgIpc) is 3.28. The number of nitrogens with zero attached hydrogens (tertiary/aromatic N) is 7. The molecular formula is C21H23N7O. The van der Waals surface area contributed by atoms with Crippen LogP contribution in [0, 0.1) is 13.8 Å². The molecule has 1 aliphatic rings. The lowest BCUT2D eigenvalue weighted by Gasteiger charge is -2.32. The third kappa shape index (κ3) is 2.86. The van der Waals surface area contributed by atoms with Gasteiger partial charge in [-0.15, -0.1) is 10.2 Å². The minimum Gasteiger partial charge on any atom is -0.338 e. The molecule has 0 aliphatic carbocycles. The summed E-state index contributed by atoms with van der Waals surface area (Å²) in [6, 6.07) is 7.77. The van der Waals surface area contributed by atoms with Gasteiger partial charge in [-0.2, -0.15) is 5.10 Å². The smallest absolute Gasteiger partial charge is 0.254 e. The van der Waals surface area contributed by atoms with Crippen LogP contribution in [0.2, 0.25) is 0 Å². The van der Waals surface area contributed by atoms with Gasteiger partial charge in [-0.05, 0) is 44.9 Å². The van der Waals surface area contributed by atoms with Crippen LogP contribution in [0.1, 0.15) is 46.3 Å². The van der Waals surface area contributed by atoms with E-state index in [0.29, 0.717) is 12.1 Å². The van der Waals surface area contributed by atoms with Crippen LogP contribution in [0.5, 0.6) is 0 Å². The van der Waals surface area contributed by atoms with E-state index in [9.17, 15) is 4.79 Å². The summed E-state index contributed by atoms with van der Waals surface area (Å²) in [6.45, 7) is 5.22. The van der Waals surface area contributed by atoms with E-state index in [1.165, 1.54) is 0 Å². The summed E-state index contributed by atoms with van der Waals surface area (Å²) in [7, 11) is 1.86. The first kappa shape index (κ1) is 17.8. The molecule has 0 saturated carbocycles. The fourth-order valence-corrected chi connectivity index (χ4v) is 4.42. The van der Waals surface area contributed by atoms with E-state index in [4.69, 9.17) is 0 Å². The number of amides is 1. The van der Waals surface area contributed by atoms with Crippen molar-refractivity contribution in [2.24, 2.45) is 7.05 Å². The van der Waals surface area contributed by atoms with Crippen LogP contribution in [0.4, 0.5) is 0 Å². The highest BCUT2D eigenvalue weighted by Gasteiger charge is 2.30. The number of rotatable bonds is 2. The number of hydrogen-bond donors (Lipinski definition) is 0. The SMILES string of the molecule is Cc1cc(C(=O)N2CCCC(c3nnc4ccccn34)C2)c2c(C)nn(C)c2n1. The van der Waals surface area contributed by atoms with E-state index in [1.807, 2.05) is 60.7 Å². The minimum absolute atomic E-state index is 0.0371. The van der Waals surface area contributed by atoms with Crippen LogP contribution in [-0.2, 0) is 7.05 Å². The van der Waals surface area contributed by atoms with Gasteiger partial charge in [-0.25, -0.2) is 4.98 Å². The number of fused-ring (bicyclic) bond motifs is 2. The molecule has 8 nitrogen and oxygen atoms in total. The lowest BCUT2D eigenvalue weighted by molar-refractivity contribution is 0.0706. The zero-order valence-electron chi connectivity index (χ0n) is 16.8. The number of piperidine rings is 1. The van der Waals surface area contributed by atoms with Gasteiger partial charge >= 0.3 is 0 Å². The Balaban J connectivity index is 1.50. The first-order valence-electron chi connectivity index (χ1n) is 9.93. The van der Waals surface area contributed by atoms with E-state index < -0.39 is 0 Å². The molecule has 0 aromatic carbocycles. The van der Waals surface area contributed by atoms with Crippen molar-refractivity contribution < 1.29 is 4.79 Å². The molecule has 1 saturated heterocycles. The summed E-state index contributed by atoms with van der Waals surface area (Å²) < 4.78 is 3.77. The highest BCUT2D eigenvalue weighted by Crippen LogP contribution is 2.29. The monoisotopic (exact) mass is 389 g/mol. The van der Waals surface area contributed by atoms with Crippen LogP contribution < -0.4 is 0 Å². The van der Waals surface area contributed by atoms with Gasteiger partial charge in [0.1, 0.15) is 5.82 Å². The lowest BCUT2D eigenvalue weighted by atomic mass is 9.96. The highest BCUT2D eigenvalue weighted by atomic mass is 16.2. The fourth-order valence-electron chi connectivity index (χ4n) is 4.42.